The number of benzene rings is 8. The standard InChI is InChI=1S/C47H29N5/c1-4-13-31(14-5-1)45-48-46(32-15-6-2-7-16-32)50-47(49-45)52-41-22-12-17-30-23-25-37-35(26-28-42(52)44(37)43(30)41)33-24-27-40-38(29-33)36-20-10-11-21-39(36)51(40)34-18-8-3-9-19-34/h1-29H. The van der Waals surface area contributed by atoms with Crippen LogP contribution in [0, 0.1) is 0 Å². The summed E-state index contributed by atoms with van der Waals surface area (Å²) in [5.74, 6) is 1.88. The van der Waals surface area contributed by atoms with Crippen molar-refractivity contribution in [1.82, 2.24) is 24.1 Å². The predicted molar refractivity (Wildman–Crippen MR) is 214 cm³/mol. The van der Waals surface area contributed by atoms with Gasteiger partial charge in [0, 0.05) is 38.4 Å². The molecule has 0 atom stereocenters. The zero-order valence-corrected chi connectivity index (χ0v) is 28.0. The normalized spacial score (nSPS) is 11.8. The average Bonchev–Trinajstić information content (AvgIpc) is 3.74. The van der Waals surface area contributed by atoms with Crippen LogP contribution in [0.3, 0.4) is 0 Å². The highest BCUT2D eigenvalue weighted by Crippen LogP contribution is 2.43. The van der Waals surface area contributed by atoms with E-state index in [1.807, 2.05) is 36.4 Å². The van der Waals surface area contributed by atoms with Gasteiger partial charge >= 0.3 is 0 Å². The number of nitrogens with zero attached hydrogens (tertiary/aromatic N) is 5. The lowest BCUT2D eigenvalue weighted by atomic mass is 9.94. The first-order chi connectivity index (χ1) is 25.8. The molecule has 0 aliphatic carbocycles. The summed E-state index contributed by atoms with van der Waals surface area (Å²) in [6.45, 7) is 0. The first-order valence-corrected chi connectivity index (χ1v) is 17.5. The highest BCUT2D eigenvalue weighted by molar-refractivity contribution is 6.26. The van der Waals surface area contributed by atoms with Crippen LogP contribution in [0.1, 0.15) is 0 Å². The molecule has 52 heavy (non-hydrogen) atoms. The molecule has 242 valence electrons. The van der Waals surface area contributed by atoms with Gasteiger partial charge in [0.15, 0.2) is 11.6 Å². The van der Waals surface area contributed by atoms with Crippen molar-refractivity contribution >= 4 is 54.4 Å². The quantitative estimate of drug-likeness (QED) is 0.172. The molecular weight excluding hydrogens is 635 g/mol. The molecule has 5 heteroatoms. The van der Waals surface area contributed by atoms with Gasteiger partial charge in [-0.3, -0.25) is 4.57 Å². The smallest absolute Gasteiger partial charge is 0.238 e. The largest absolute Gasteiger partial charge is 0.309 e. The van der Waals surface area contributed by atoms with Gasteiger partial charge in [0.1, 0.15) is 0 Å². The van der Waals surface area contributed by atoms with Crippen LogP contribution in [-0.4, -0.2) is 24.1 Å². The highest BCUT2D eigenvalue weighted by atomic mass is 15.2. The van der Waals surface area contributed by atoms with E-state index >= 15 is 0 Å². The Kier molecular flexibility index (Phi) is 6.18. The Labute approximate surface area is 299 Å². The Hall–Kier alpha value is -7.11. The molecule has 3 heterocycles. The summed E-state index contributed by atoms with van der Waals surface area (Å²) >= 11 is 0. The van der Waals surface area contributed by atoms with E-state index < -0.39 is 0 Å². The molecule has 8 aromatic carbocycles. The summed E-state index contributed by atoms with van der Waals surface area (Å²) in [7, 11) is 0. The monoisotopic (exact) mass is 663 g/mol. The zero-order valence-electron chi connectivity index (χ0n) is 28.0. The van der Waals surface area contributed by atoms with Gasteiger partial charge in [-0.2, -0.15) is 9.97 Å². The van der Waals surface area contributed by atoms with Gasteiger partial charge < -0.3 is 4.57 Å². The molecule has 5 nitrogen and oxygen atoms in total. The topological polar surface area (TPSA) is 48.5 Å². The fourth-order valence-corrected chi connectivity index (χ4v) is 8.05. The lowest BCUT2D eigenvalue weighted by molar-refractivity contribution is 0.954. The minimum atomic E-state index is 0.598. The molecule has 0 N–H and O–H groups in total. The minimum absolute atomic E-state index is 0.598. The molecule has 0 saturated heterocycles. The average molecular weight is 664 g/mol. The van der Waals surface area contributed by atoms with Crippen molar-refractivity contribution in [2.24, 2.45) is 0 Å². The highest BCUT2D eigenvalue weighted by Gasteiger charge is 2.22. The van der Waals surface area contributed by atoms with Crippen LogP contribution in [-0.2, 0) is 0 Å². The summed E-state index contributed by atoms with van der Waals surface area (Å²) in [5.41, 5.74) is 9.96. The van der Waals surface area contributed by atoms with Crippen LogP contribution in [0.4, 0.5) is 0 Å². The molecule has 0 saturated carbocycles. The molecular formula is C47H29N5. The summed E-state index contributed by atoms with van der Waals surface area (Å²) in [4.78, 5) is 15.2. The van der Waals surface area contributed by atoms with Crippen molar-refractivity contribution in [2.45, 2.75) is 0 Å². The molecule has 0 aliphatic rings. The molecule has 0 bridgehead atoms. The maximum atomic E-state index is 5.14. The van der Waals surface area contributed by atoms with Crippen molar-refractivity contribution in [3.63, 3.8) is 0 Å². The molecule has 11 aromatic rings. The number of hydrogen-bond acceptors (Lipinski definition) is 3. The van der Waals surface area contributed by atoms with E-state index in [1.54, 1.807) is 0 Å². The van der Waals surface area contributed by atoms with E-state index in [4.69, 9.17) is 15.0 Å². The van der Waals surface area contributed by atoms with E-state index in [0.29, 0.717) is 17.6 Å². The van der Waals surface area contributed by atoms with Gasteiger partial charge in [0.25, 0.3) is 0 Å². The maximum Gasteiger partial charge on any atom is 0.238 e. The molecule has 0 amide bonds. The Balaban J connectivity index is 1.16. The number of rotatable bonds is 5. The van der Waals surface area contributed by atoms with E-state index in [1.165, 1.54) is 54.5 Å². The van der Waals surface area contributed by atoms with Crippen molar-refractivity contribution in [3.8, 4) is 45.5 Å². The summed E-state index contributed by atoms with van der Waals surface area (Å²) in [6, 6.07) is 62.0. The van der Waals surface area contributed by atoms with Crippen molar-refractivity contribution in [1.29, 1.82) is 0 Å². The van der Waals surface area contributed by atoms with Gasteiger partial charge in [0.05, 0.1) is 22.1 Å². The van der Waals surface area contributed by atoms with Gasteiger partial charge in [-0.1, -0.05) is 133 Å². The van der Waals surface area contributed by atoms with Gasteiger partial charge in [0.2, 0.25) is 5.95 Å². The van der Waals surface area contributed by atoms with Gasteiger partial charge in [-0.05, 0) is 64.4 Å². The van der Waals surface area contributed by atoms with E-state index in [0.717, 1.165) is 27.8 Å². The third kappa shape index (κ3) is 4.26. The lowest BCUT2D eigenvalue weighted by Crippen LogP contribution is -2.06. The fraction of sp³-hybridized carbons (Fsp3) is 0. The van der Waals surface area contributed by atoms with Crippen LogP contribution in [0.15, 0.2) is 176 Å². The SMILES string of the molecule is c1ccc(-c2nc(-c3ccccc3)nc(-n3c4cccc5ccc6c(-c7ccc8c(c7)c7ccccc7n8-c7ccccc7)ccc3c6c54)n2)cc1. The first kappa shape index (κ1) is 28.7. The third-order valence-electron chi connectivity index (χ3n) is 10.3. The molecule has 0 radical (unpaired) electrons. The summed E-state index contributed by atoms with van der Waals surface area (Å²) < 4.78 is 4.58. The molecule has 0 unspecified atom stereocenters. The minimum Gasteiger partial charge on any atom is -0.309 e. The molecule has 0 spiro atoms. The maximum absolute atomic E-state index is 5.14. The second kappa shape index (κ2) is 11.2. The molecule has 0 fully saturated rings. The summed E-state index contributed by atoms with van der Waals surface area (Å²) in [6.07, 6.45) is 0. The molecule has 3 aromatic heterocycles. The Morgan fingerprint density at radius 2 is 0.962 bits per heavy atom. The number of hydrogen-bond donors (Lipinski definition) is 0. The van der Waals surface area contributed by atoms with Crippen molar-refractivity contribution < 1.29 is 0 Å². The lowest BCUT2D eigenvalue weighted by Gasteiger charge is -2.12. The van der Waals surface area contributed by atoms with Crippen LogP contribution in [0.5, 0.6) is 0 Å². The number of aromatic nitrogens is 5. The van der Waals surface area contributed by atoms with Crippen LogP contribution < -0.4 is 0 Å². The van der Waals surface area contributed by atoms with Crippen molar-refractivity contribution in [3.05, 3.63) is 176 Å². The second-order valence-corrected chi connectivity index (χ2v) is 13.3. The number of fused-ring (bicyclic) bond motifs is 3. The second-order valence-electron chi connectivity index (χ2n) is 13.3. The Bertz CT molecular complexity index is 3050. The fourth-order valence-electron chi connectivity index (χ4n) is 8.05. The zero-order chi connectivity index (χ0) is 34.2. The summed E-state index contributed by atoms with van der Waals surface area (Å²) in [5, 5.41) is 7.28. The predicted octanol–water partition coefficient (Wildman–Crippen LogP) is 11.7. The number of para-hydroxylation sites is 2. The van der Waals surface area contributed by atoms with E-state index in [9.17, 15) is 0 Å². The van der Waals surface area contributed by atoms with Crippen LogP contribution >= 0.6 is 0 Å². The Morgan fingerprint density at radius 3 is 1.71 bits per heavy atom. The molecule has 11 rings (SSSR count). The van der Waals surface area contributed by atoms with Crippen molar-refractivity contribution in [2.75, 3.05) is 0 Å². The van der Waals surface area contributed by atoms with Gasteiger partial charge in [-0.15, -0.1) is 0 Å². The molecule has 0 aliphatic heterocycles. The first-order valence-electron chi connectivity index (χ1n) is 17.5. The van der Waals surface area contributed by atoms with E-state index in [-0.39, 0.29) is 0 Å². The van der Waals surface area contributed by atoms with E-state index in [2.05, 4.69) is 149 Å². The van der Waals surface area contributed by atoms with Crippen LogP contribution in [0.25, 0.3) is 99.9 Å². The van der Waals surface area contributed by atoms with Crippen LogP contribution in [0.2, 0.25) is 0 Å². The van der Waals surface area contributed by atoms with Gasteiger partial charge in [-0.25, -0.2) is 4.98 Å². The third-order valence-corrected chi connectivity index (χ3v) is 10.3. The Morgan fingerprint density at radius 1 is 0.346 bits per heavy atom.